The number of imidazole rings is 1. The zero-order valence-corrected chi connectivity index (χ0v) is 23.0. The number of aliphatic imine (C=N–C) groups is 2. The molecule has 3 aromatic rings. The molecule has 0 radical (unpaired) electrons. The van der Waals surface area contributed by atoms with Crippen LogP contribution in [0.3, 0.4) is 0 Å². The van der Waals surface area contributed by atoms with Crippen molar-refractivity contribution in [3.05, 3.63) is 53.2 Å². The van der Waals surface area contributed by atoms with E-state index < -0.39 is 12.0 Å². The van der Waals surface area contributed by atoms with Gasteiger partial charge in [-0.2, -0.15) is 0 Å². The highest BCUT2D eigenvalue weighted by Crippen LogP contribution is 2.25. The molecule has 1 aliphatic heterocycles. The first-order chi connectivity index (χ1) is 18.3. The number of halogens is 2. The molecule has 3 heterocycles. The third kappa shape index (κ3) is 6.79. The van der Waals surface area contributed by atoms with Crippen molar-refractivity contribution >= 4 is 29.0 Å². The molecule has 1 saturated heterocycles. The minimum atomic E-state index is -1.41. The Balaban J connectivity index is 1.34. The average molecular weight is 525 g/mol. The molecular formula is C28H38F2N8. The molecule has 0 spiro atoms. The van der Waals surface area contributed by atoms with Gasteiger partial charge >= 0.3 is 0 Å². The minimum Gasteiger partial charge on any atom is -0.326 e. The van der Waals surface area contributed by atoms with Gasteiger partial charge in [0.15, 0.2) is 5.82 Å². The largest absolute Gasteiger partial charge is 0.326 e. The lowest BCUT2D eigenvalue weighted by Crippen LogP contribution is -2.45. The maximum atomic E-state index is 14.8. The van der Waals surface area contributed by atoms with E-state index in [1.165, 1.54) is 12.3 Å². The van der Waals surface area contributed by atoms with Crippen LogP contribution < -0.4 is 5.32 Å². The van der Waals surface area contributed by atoms with E-state index >= 15 is 0 Å². The standard InChI is InChI=1S/C28H38F2N8/c1-6-36-9-11-37(12-10-36)18-21-7-8-26(32-16-21)35-28(31-5)33-17-23(29)13-22-14-24(30)27-25(15-22)38(19(2)3)20(4)34-27/h7-8,14-17,19,23H,6,9-13,18H2,1-5H3,(H,31,32,35)/b33-17-. The molecule has 0 aliphatic carbocycles. The van der Waals surface area contributed by atoms with Crippen molar-refractivity contribution in [2.45, 2.75) is 52.9 Å². The summed E-state index contributed by atoms with van der Waals surface area (Å²) in [6, 6.07) is 7.18. The Morgan fingerprint density at radius 2 is 1.87 bits per heavy atom. The third-order valence-electron chi connectivity index (χ3n) is 6.89. The highest BCUT2D eigenvalue weighted by atomic mass is 19.1. The van der Waals surface area contributed by atoms with E-state index in [1.807, 2.05) is 43.7 Å². The summed E-state index contributed by atoms with van der Waals surface area (Å²) >= 11 is 0. The van der Waals surface area contributed by atoms with Gasteiger partial charge in [0, 0.05) is 64.6 Å². The molecule has 2 aromatic heterocycles. The van der Waals surface area contributed by atoms with Gasteiger partial charge in [-0.1, -0.05) is 13.0 Å². The van der Waals surface area contributed by atoms with E-state index in [4.69, 9.17) is 0 Å². The highest BCUT2D eigenvalue weighted by molar-refractivity contribution is 5.98. The van der Waals surface area contributed by atoms with Gasteiger partial charge in [-0.05, 0) is 56.6 Å². The molecule has 0 amide bonds. The van der Waals surface area contributed by atoms with Crippen LogP contribution in [0.5, 0.6) is 0 Å². The van der Waals surface area contributed by atoms with Crippen LogP contribution in [-0.2, 0) is 13.0 Å². The second-order valence-corrected chi connectivity index (χ2v) is 10.0. The molecule has 4 rings (SSSR count). The van der Waals surface area contributed by atoms with Crippen LogP contribution >= 0.6 is 0 Å². The van der Waals surface area contributed by atoms with E-state index in [0.717, 1.165) is 50.7 Å². The number of guanidine groups is 1. The summed E-state index contributed by atoms with van der Waals surface area (Å²) in [7, 11) is 1.58. The van der Waals surface area contributed by atoms with Crippen LogP contribution in [0.25, 0.3) is 11.0 Å². The van der Waals surface area contributed by atoms with Crippen molar-refractivity contribution in [2.75, 3.05) is 45.1 Å². The summed E-state index contributed by atoms with van der Waals surface area (Å²) in [5, 5.41) is 3.03. The number of benzene rings is 1. The van der Waals surface area contributed by atoms with Crippen LogP contribution in [0.1, 0.15) is 43.8 Å². The lowest BCUT2D eigenvalue weighted by Gasteiger charge is -2.33. The van der Waals surface area contributed by atoms with Gasteiger partial charge in [-0.3, -0.25) is 9.89 Å². The van der Waals surface area contributed by atoms with Crippen LogP contribution in [0.15, 0.2) is 40.4 Å². The monoisotopic (exact) mass is 524 g/mol. The number of hydrogen-bond donors (Lipinski definition) is 1. The molecule has 1 unspecified atom stereocenters. The van der Waals surface area contributed by atoms with Crippen LogP contribution in [0.4, 0.5) is 14.6 Å². The quantitative estimate of drug-likeness (QED) is 0.343. The number of hydrogen-bond acceptors (Lipinski definition) is 5. The van der Waals surface area contributed by atoms with E-state index in [-0.39, 0.29) is 18.4 Å². The van der Waals surface area contributed by atoms with Crippen LogP contribution in [0.2, 0.25) is 0 Å². The number of anilines is 1. The summed E-state index contributed by atoms with van der Waals surface area (Å²) in [5.74, 6) is 1.12. The number of fused-ring (bicyclic) bond motifs is 1. The summed E-state index contributed by atoms with van der Waals surface area (Å²) in [4.78, 5) is 22.0. The first-order valence-electron chi connectivity index (χ1n) is 13.3. The molecule has 0 bridgehead atoms. The molecule has 8 nitrogen and oxygen atoms in total. The van der Waals surface area contributed by atoms with Gasteiger partial charge in [0.05, 0.1) is 5.52 Å². The number of pyridine rings is 1. The molecule has 38 heavy (non-hydrogen) atoms. The van der Waals surface area contributed by atoms with Crippen molar-refractivity contribution in [2.24, 2.45) is 9.98 Å². The maximum absolute atomic E-state index is 14.8. The SMILES string of the molecule is CCN1CCN(Cc2ccc(NC(=NC)/N=C\C(F)Cc3cc(F)c4nc(C)n(C(C)C)c4c3)nc2)CC1. The first kappa shape index (κ1) is 27.8. The smallest absolute Gasteiger partial charge is 0.223 e. The Morgan fingerprint density at radius 1 is 1.13 bits per heavy atom. The Bertz CT molecular complexity index is 1270. The fraction of sp³-hybridized carbons (Fsp3) is 0.500. The molecule has 1 aliphatic rings. The van der Waals surface area contributed by atoms with Gasteiger partial charge in [0.25, 0.3) is 0 Å². The number of rotatable bonds is 8. The zero-order valence-electron chi connectivity index (χ0n) is 23.0. The van der Waals surface area contributed by atoms with Gasteiger partial charge in [0.1, 0.15) is 23.3 Å². The van der Waals surface area contributed by atoms with Crippen LogP contribution in [0, 0.1) is 12.7 Å². The van der Waals surface area contributed by atoms with Gasteiger partial charge in [0.2, 0.25) is 5.96 Å². The number of piperazine rings is 1. The van der Waals surface area contributed by atoms with Crippen molar-refractivity contribution in [3.8, 4) is 0 Å². The maximum Gasteiger partial charge on any atom is 0.223 e. The Kier molecular flexibility index (Phi) is 9.17. The molecule has 204 valence electrons. The molecular weight excluding hydrogens is 486 g/mol. The third-order valence-corrected chi connectivity index (χ3v) is 6.89. The molecule has 1 atom stereocenters. The number of likely N-dealkylation sites (N-methyl/N-ethyl adjacent to an activating group) is 1. The first-order valence-corrected chi connectivity index (χ1v) is 13.3. The van der Waals surface area contributed by atoms with Crippen molar-refractivity contribution in [3.63, 3.8) is 0 Å². The van der Waals surface area contributed by atoms with Crippen molar-refractivity contribution in [1.82, 2.24) is 24.3 Å². The van der Waals surface area contributed by atoms with Gasteiger partial charge < -0.3 is 14.8 Å². The van der Waals surface area contributed by atoms with Gasteiger partial charge in [-0.25, -0.2) is 23.7 Å². The topological polar surface area (TPSA) is 73.9 Å². The van der Waals surface area contributed by atoms with Gasteiger partial charge in [-0.15, -0.1) is 0 Å². The molecule has 1 aromatic carbocycles. The summed E-state index contributed by atoms with van der Waals surface area (Å²) in [6.45, 7) is 14.3. The fourth-order valence-corrected chi connectivity index (χ4v) is 4.90. The lowest BCUT2D eigenvalue weighted by molar-refractivity contribution is 0.132. The average Bonchev–Trinajstić information content (AvgIpc) is 3.24. The zero-order chi connectivity index (χ0) is 27.2. The fourth-order valence-electron chi connectivity index (χ4n) is 4.90. The van der Waals surface area contributed by atoms with Crippen molar-refractivity contribution in [1.29, 1.82) is 0 Å². The molecule has 1 fully saturated rings. The second kappa shape index (κ2) is 12.5. The van der Waals surface area contributed by atoms with Crippen molar-refractivity contribution < 1.29 is 8.78 Å². The second-order valence-electron chi connectivity index (χ2n) is 10.0. The number of aryl methyl sites for hydroxylation is 1. The summed E-state index contributed by atoms with van der Waals surface area (Å²) < 4.78 is 31.5. The number of aromatic nitrogens is 3. The van der Waals surface area contributed by atoms with E-state index in [2.05, 4.69) is 42.0 Å². The number of alkyl halides is 1. The minimum absolute atomic E-state index is 0.00482. The summed E-state index contributed by atoms with van der Waals surface area (Å²) in [6.07, 6.45) is 1.62. The van der Waals surface area contributed by atoms with E-state index in [1.54, 1.807) is 13.1 Å². The Morgan fingerprint density at radius 3 is 2.50 bits per heavy atom. The molecule has 0 saturated carbocycles. The predicted molar refractivity (Wildman–Crippen MR) is 151 cm³/mol. The Hall–Kier alpha value is -3.24. The molecule has 1 N–H and O–H groups in total. The normalized spacial score (nSPS) is 16.7. The highest BCUT2D eigenvalue weighted by Gasteiger charge is 2.17. The number of nitrogens with one attached hydrogen (secondary N) is 1. The predicted octanol–water partition coefficient (Wildman–Crippen LogP) is 4.65. The summed E-state index contributed by atoms with van der Waals surface area (Å²) in [5.41, 5.74) is 2.67. The number of nitrogens with zero attached hydrogens (tertiary/aromatic N) is 7. The molecule has 10 heteroatoms. The Labute approximate surface area is 223 Å². The lowest BCUT2D eigenvalue weighted by atomic mass is 10.1. The van der Waals surface area contributed by atoms with E-state index in [0.29, 0.717) is 22.4 Å². The van der Waals surface area contributed by atoms with Crippen LogP contribution in [-0.4, -0.2) is 82.5 Å². The van der Waals surface area contributed by atoms with E-state index in [9.17, 15) is 8.78 Å².